The molecule has 2 aromatic rings. The Labute approximate surface area is 138 Å². The molecule has 0 spiro atoms. The zero-order valence-corrected chi connectivity index (χ0v) is 15.2. The molecule has 0 saturated carbocycles. The summed E-state index contributed by atoms with van der Waals surface area (Å²) in [6.45, 7) is 12.6. The van der Waals surface area contributed by atoms with Crippen LogP contribution in [0.1, 0.15) is 68.3 Å². The van der Waals surface area contributed by atoms with Crippen LogP contribution in [0.3, 0.4) is 0 Å². The first kappa shape index (κ1) is 16.2. The Morgan fingerprint density at radius 1 is 1.30 bits per heavy atom. The number of likely N-dealkylation sites (tertiary alicyclic amines) is 1. The molecule has 0 N–H and O–H groups in total. The molecular formula is C18H28N4O. The Balaban J connectivity index is 1.81. The van der Waals surface area contributed by atoms with Crippen LogP contribution in [0.25, 0.3) is 0 Å². The van der Waals surface area contributed by atoms with E-state index in [1.54, 1.807) is 0 Å². The fraction of sp³-hybridized carbons (Fsp3) is 0.667. The van der Waals surface area contributed by atoms with Gasteiger partial charge in [0.2, 0.25) is 5.89 Å². The molecule has 126 valence electrons. The first-order valence-corrected chi connectivity index (χ1v) is 8.46. The summed E-state index contributed by atoms with van der Waals surface area (Å²) in [7, 11) is 2.02. The first-order valence-electron chi connectivity index (χ1n) is 8.46. The summed E-state index contributed by atoms with van der Waals surface area (Å²) >= 11 is 0. The van der Waals surface area contributed by atoms with Crippen molar-refractivity contribution < 1.29 is 4.42 Å². The molecule has 0 amide bonds. The summed E-state index contributed by atoms with van der Waals surface area (Å²) < 4.78 is 7.98. The van der Waals surface area contributed by atoms with Crippen molar-refractivity contribution in [3.05, 3.63) is 34.8 Å². The van der Waals surface area contributed by atoms with E-state index in [-0.39, 0.29) is 5.41 Å². The summed E-state index contributed by atoms with van der Waals surface area (Å²) in [5.74, 6) is 1.78. The highest BCUT2D eigenvalue weighted by atomic mass is 16.4. The Morgan fingerprint density at radius 2 is 2.04 bits per heavy atom. The zero-order chi connectivity index (χ0) is 16.8. The summed E-state index contributed by atoms with van der Waals surface area (Å²) in [6.07, 6.45) is 4.27. The quantitative estimate of drug-likeness (QED) is 0.867. The Kier molecular flexibility index (Phi) is 4.08. The molecule has 0 unspecified atom stereocenters. The predicted molar refractivity (Wildman–Crippen MR) is 90.3 cm³/mol. The van der Waals surface area contributed by atoms with Gasteiger partial charge < -0.3 is 4.42 Å². The first-order chi connectivity index (χ1) is 10.8. The van der Waals surface area contributed by atoms with Crippen LogP contribution in [0.5, 0.6) is 0 Å². The molecule has 0 aromatic carbocycles. The number of aryl methyl sites for hydroxylation is 2. The fourth-order valence-corrected chi connectivity index (χ4v) is 3.52. The van der Waals surface area contributed by atoms with Crippen molar-refractivity contribution in [2.45, 2.75) is 65.5 Å². The molecule has 1 atom stereocenters. The van der Waals surface area contributed by atoms with Gasteiger partial charge in [0.15, 0.2) is 0 Å². The minimum absolute atomic E-state index is 0.00614. The zero-order valence-electron chi connectivity index (χ0n) is 15.2. The van der Waals surface area contributed by atoms with Crippen molar-refractivity contribution in [2.24, 2.45) is 7.05 Å². The minimum atomic E-state index is 0.00614. The second kappa shape index (κ2) is 5.78. The summed E-state index contributed by atoms with van der Waals surface area (Å²) in [5.41, 5.74) is 3.80. The van der Waals surface area contributed by atoms with Crippen molar-refractivity contribution in [1.29, 1.82) is 0 Å². The van der Waals surface area contributed by atoms with E-state index in [4.69, 9.17) is 4.42 Å². The van der Waals surface area contributed by atoms with Gasteiger partial charge in [0.1, 0.15) is 5.76 Å². The average Bonchev–Trinajstić information content (AvgIpc) is 3.13. The van der Waals surface area contributed by atoms with Crippen molar-refractivity contribution in [3.63, 3.8) is 0 Å². The van der Waals surface area contributed by atoms with Crippen LogP contribution in [-0.2, 0) is 19.0 Å². The van der Waals surface area contributed by atoms with Gasteiger partial charge in [0.05, 0.1) is 18.4 Å². The van der Waals surface area contributed by atoms with Gasteiger partial charge in [0, 0.05) is 29.8 Å². The maximum Gasteiger partial charge on any atom is 0.208 e. The molecule has 5 heteroatoms. The van der Waals surface area contributed by atoms with Gasteiger partial charge in [-0.3, -0.25) is 9.58 Å². The maximum absolute atomic E-state index is 5.99. The molecule has 0 radical (unpaired) electrons. The number of hydrogen-bond donors (Lipinski definition) is 0. The summed E-state index contributed by atoms with van der Waals surface area (Å²) in [4.78, 5) is 6.98. The van der Waals surface area contributed by atoms with E-state index in [0.29, 0.717) is 6.04 Å². The van der Waals surface area contributed by atoms with E-state index in [1.807, 2.05) is 17.9 Å². The maximum atomic E-state index is 5.99. The molecule has 23 heavy (non-hydrogen) atoms. The Bertz CT molecular complexity index is 692. The minimum Gasteiger partial charge on any atom is -0.444 e. The van der Waals surface area contributed by atoms with Crippen LogP contribution in [0, 0.1) is 13.8 Å². The highest BCUT2D eigenvalue weighted by Gasteiger charge is 2.31. The highest BCUT2D eigenvalue weighted by Crippen LogP contribution is 2.36. The van der Waals surface area contributed by atoms with E-state index in [1.165, 1.54) is 24.1 Å². The van der Waals surface area contributed by atoms with Gasteiger partial charge in [-0.05, 0) is 33.2 Å². The second-order valence-electron chi connectivity index (χ2n) is 7.70. The monoisotopic (exact) mass is 316 g/mol. The standard InChI is InChI=1S/C18H28N4O/c1-12-17(13(2)21(6)20-12)14-8-7-9-22(14)11-16-19-10-15(23-16)18(3,4)5/h10,14H,7-9,11H2,1-6H3/t14-/m1/s1. The van der Waals surface area contributed by atoms with Crippen molar-refractivity contribution >= 4 is 0 Å². The smallest absolute Gasteiger partial charge is 0.208 e. The van der Waals surface area contributed by atoms with Gasteiger partial charge in [-0.15, -0.1) is 0 Å². The van der Waals surface area contributed by atoms with Crippen molar-refractivity contribution in [1.82, 2.24) is 19.7 Å². The normalized spacial score (nSPS) is 19.7. The molecule has 0 aliphatic carbocycles. The number of rotatable bonds is 3. The molecule has 1 aliphatic rings. The van der Waals surface area contributed by atoms with Crippen LogP contribution in [-0.4, -0.2) is 26.2 Å². The lowest BCUT2D eigenvalue weighted by Crippen LogP contribution is -2.23. The number of aromatic nitrogens is 3. The molecule has 3 heterocycles. The third kappa shape index (κ3) is 3.07. The van der Waals surface area contributed by atoms with Gasteiger partial charge in [0.25, 0.3) is 0 Å². The second-order valence-corrected chi connectivity index (χ2v) is 7.70. The molecule has 1 saturated heterocycles. The largest absolute Gasteiger partial charge is 0.444 e. The van der Waals surface area contributed by atoms with Crippen LogP contribution in [0.2, 0.25) is 0 Å². The molecule has 0 bridgehead atoms. The molecular weight excluding hydrogens is 288 g/mol. The van der Waals surface area contributed by atoms with Gasteiger partial charge in [-0.2, -0.15) is 5.10 Å². The SMILES string of the molecule is Cc1nn(C)c(C)c1[C@H]1CCCN1Cc1ncc(C(C)(C)C)o1. The summed E-state index contributed by atoms with van der Waals surface area (Å²) in [5, 5.41) is 4.58. The van der Waals surface area contributed by atoms with Gasteiger partial charge in [-0.1, -0.05) is 20.8 Å². The Morgan fingerprint density at radius 3 is 2.61 bits per heavy atom. The summed E-state index contributed by atoms with van der Waals surface area (Å²) in [6, 6.07) is 0.425. The lowest BCUT2D eigenvalue weighted by molar-refractivity contribution is 0.217. The molecule has 1 aliphatic heterocycles. The van der Waals surface area contributed by atoms with E-state index < -0.39 is 0 Å². The van der Waals surface area contributed by atoms with Crippen LogP contribution in [0.15, 0.2) is 10.6 Å². The van der Waals surface area contributed by atoms with Crippen LogP contribution in [0.4, 0.5) is 0 Å². The predicted octanol–water partition coefficient (Wildman–Crippen LogP) is 3.66. The lowest BCUT2D eigenvalue weighted by atomic mass is 9.94. The molecule has 5 nitrogen and oxygen atoms in total. The number of nitrogens with zero attached hydrogens (tertiary/aromatic N) is 4. The van der Waals surface area contributed by atoms with Crippen LogP contribution < -0.4 is 0 Å². The van der Waals surface area contributed by atoms with Crippen molar-refractivity contribution in [3.8, 4) is 0 Å². The van der Waals surface area contributed by atoms with Crippen LogP contribution >= 0.6 is 0 Å². The Hall–Kier alpha value is -1.62. The number of oxazole rings is 1. The topological polar surface area (TPSA) is 47.1 Å². The van der Waals surface area contributed by atoms with E-state index in [0.717, 1.165) is 30.4 Å². The molecule has 3 rings (SSSR count). The lowest BCUT2D eigenvalue weighted by Gasteiger charge is -2.23. The third-order valence-electron chi connectivity index (χ3n) is 4.89. The van der Waals surface area contributed by atoms with Gasteiger partial charge >= 0.3 is 0 Å². The fourth-order valence-electron chi connectivity index (χ4n) is 3.52. The third-order valence-corrected chi connectivity index (χ3v) is 4.89. The number of hydrogen-bond acceptors (Lipinski definition) is 4. The van der Waals surface area contributed by atoms with Gasteiger partial charge in [-0.25, -0.2) is 4.98 Å². The molecule has 2 aromatic heterocycles. The molecule has 1 fully saturated rings. The average molecular weight is 316 g/mol. The van der Waals surface area contributed by atoms with Crippen molar-refractivity contribution in [2.75, 3.05) is 6.54 Å². The van der Waals surface area contributed by atoms with E-state index in [9.17, 15) is 0 Å². The highest BCUT2D eigenvalue weighted by molar-refractivity contribution is 5.29. The van der Waals surface area contributed by atoms with E-state index in [2.05, 4.69) is 49.6 Å². The van der Waals surface area contributed by atoms with E-state index >= 15 is 0 Å².